The Morgan fingerprint density at radius 1 is 1.50 bits per heavy atom. The third kappa shape index (κ3) is 2.98. The number of hydrogen-bond acceptors (Lipinski definition) is 4. The summed E-state index contributed by atoms with van der Waals surface area (Å²) in [7, 11) is 1.50. The average molecular weight is 170 g/mol. The van der Waals surface area contributed by atoms with Crippen molar-refractivity contribution >= 4 is 5.69 Å². The number of nitrogens with two attached hydrogens (primary N) is 1. The highest BCUT2D eigenvalue weighted by Crippen LogP contribution is 2.16. The minimum absolute atomic E-state index is 0.0887. The SMILES string of the molecule is CN.O=[N+]([O-])c1cccc(O)c1. The van der Waals surface area contributed by atoms with E-state index in [1.807, 2.05) is 0 Å². The number of benzene rings is 1. The number of phenolic OH excluding ortho intramolecular Hbond substituents is 1. The van der Waals surface area contributed by atoms with E-state index < -0.39 is 4.92 Å². The largest absolute Gasteiger partial charge is 0.508 e. The number of aromatic hydroxyl groups is 1. The smallest absolute Gasteiger partial charge is 0.273 e. The Balaban J connectivity index is 0.000000561. The topological polar surface area (TPSA) is 89.4 Å². The molecule has 0 aliphatic carbocycles. The van der Waals surface area contributed by atoms with Crippen molar-refractivity contribution in [3.05, 3.63) is 34.4 Å². The highest BCUT2D eigenvalue weighted by atomic mass is 16.6. The molecule has 12 heavy (non-hydrogen) atoms. The molecule has 0 bridgehead atoms. The highest BCUT2D eigenvalue weighted by molar-refractivity contribution is 5.36. The first kappa shape index (κ1) is 10.4. The number of phenols is 1. The molecule has 0 spiro atoms. The van der Waals surface area contributed by atoms with Crippen LogP contribution in [0.1, 0.15) is 0 Å². The van der Waals surface area contributed by atoms with Gasteiger partial charge in [-0.05, 0) is 13.1 Å². The quantitative estimate of drug-likeness (QED) is 0.483. The van der Waals surface area contributed by atoms with Crippen molar-refractivity contribution in [2.45, 2.75) is 0 Å². The molecule has 0 saturated carbocycles. The summed E-state index contributed by atoms with van der Waals surface area (Å²) in [5.74, 6) is -0.0887. The summed E-state index contributed by atoms with van der Waals surface area (Å²) in [5, 5.41) is 18.8. The molecule has 0 amide bonds. The van der Waals surface area contributed by atoms with Crippen molar-refractivity contribution in [1.82, 2.24) is 0 Å². The van der Waals surface area contributed by atoms with Gasteiger partial charge in [0.2, 0.25) is 0 Å². The normalized spacial score (nSPS) is 8.17. The van der Waals surface area contributed by atoms with Crippen LogP contribution >= 0.6 is 0 Å². The van der Waals surface area contributed by atoms with Gasteiger partial charge in [0.25, 0.3) is 5.69 Å². The Labute approximate surface area is 69.6 Å². The van der Waals surface area contributed by atoms with Crippen LogP contribution < -0.4 is 5.73 Å². The molecule has 5 heteroatoms. The van der Waals surface area contributed by atoms with E-state index >= 15 is 0 Å². The first-order valence-electron chi connectivity index (χ1n) is 3.21. The molecular weight excluding hydrogens is 160 g/mol. The van der Waals surface area contributed by atoms with Gasteiger partial charge in [0.05, 0.1) is 11.0 Å². The van der Waals surface area contributed by atoms with E-state index in [0.29, 0.717) is 0 Å². The van der Waals surface area contributed by atoms with Gasteiger partial charge in [0, 0.05) is 6.07 Å². The zero-order valence-electron chi connectivity index (χ0n) is 6.60. The van der Waals surface area contributed by atoms with Crippen LogP contribution in [0.3, 0.4) is 0 Å². The molecule has 0 aliphatic rings. The molecule has 1 aromatic rings. The Morgan fingerprint density at radius 2 is 2.08 bits per heavy atom. The van der Waals surface area contributed by atoms with Gasteiger partial charge < -0.3 is 10.8 Å². The summed E-state index contributed by atoms with van der Waals surface area (Å²) in [6.45, 7) is 0. The van der Waals surface area contributed by atoms with E-state index in [4.69, 9.17) is 5.11 Å². The summed E-state index contributed by atoms with van der Waals surface area (Å²) < 4.78 is 0. The summed E-state index contributed by atoms with van der Waals surface area (Å²) in [6.07, 6.45) is 0. The van der Waals surface area contributed by atoms with Crippen molar-refractivity contribution in [3.63, 3.8) is 0 Å². The monoisotopic (exact) mass is 170 g/mol. The highest BCUT2D eigenvalue weighted by Gasteiger charge is 2.03. The molecule has 0 radical (unpaired) electrons. The van der Waals surface area contributed by atoms with Crippen molar-refractivity contribution in [3.8, 4) is 5.75 Å². The molecule has 0 heterocycles. The Kier molecular flexibility index (Phi) is 4.40. The molecular formula is C7H10N2O3. The number of hydrogen-bond donors (Lipinski definition) is 2. The first-order chi connectivity index (χ1) is 5.70. The van der Waals surface area contributed by atoms with E-state index in [2.05, 4.69) is 5.73 Å². The minimum Gasteiger partial charge on any atom is -0.508 e. The lowest BCUT2D eigenvalue weighted by Gasteiger charge is -1.89. The molecule has 66 valence electrons. The molecule has 1 rings (SSSR count). The van der Waals surface area contributed by atoms with Crippen LogP contribution in [-0.2, 0) is 0 Å². The molecule has 0 unspecified atom stereocenters. The second-order valence-electron chi connectivity index (χ2n) is 1.78. The van der Waals surface area contributed by atoms with Crippen molar-refractivity contribution in [2.24, 2.45) is 5.73 Å². The van der Waals surface area contributed by atoms with Crippen LogP contribution in [0.5, 0.6) is 5.75 Å². The van der Waals surface area contributed by atoms with Crippen molar-refractivity contribution in [1.29, 1.82) is 0 Å². The van der Waals surface area contributed by atoms with Gasteiger partial charge in [-0.15, -0.1) is 0 Å². The van der Waals surface area contributed by atoms with E-state index in [1.165, 1.54) is 25.2 Å². The summed E-state index contributed by atoms with van der Waals surface area (Å²) >= 11 is 0. The van der Waals surface area contributed by atoms with E-state index in [9.17, 15) is 10.1 Å². The number of rotatable bonds is 1. The number of nitro groups is 1. The van der Waals surface area contributed by atoms with Gasteiger partial charge in [-0.2, -0.15) is 0 Å². The summed E-state index contributed by atoms with van der Waals surface area (Å²) in [4.78, 5) is 9.49. The lowest BCUT2D eigenvalue weighted by Crippen LogP contribution is -1.85. The number of nitro benzene ring substituents is 1. The van der Waals surface area contributed by atoms with Gasteiger partial charge in [0.15, 0.2) is 0 Å². The van der Waals surface area contributed by atoms with Gasteiger partial charge >= 0.3 is 0 Å². The van der Waals surface area contributed by atoms with Crippen molar-refractivity contribution < 1.29 is 10.0 Å². The van der Waals surface area contributed by atoms with Crippen LogP contribution in [-0.4, -0.2) is 17.1 Å². The average Bonchev–Trinajstić information content (AvgIpc) is 2.08. The Morgan fingerprint density at radius 3 is 2.42 bits per heavy atom. The molecule has 0 aromatic heterocycles. The van der Waals surface area contributed by atoms with Crippen LogP contribution in [0.2, 0.25) is 0 Å². The maximum atomic E-state index is 10.0. The Bertz CT molecular complexity index is 263. The summed E-state index contributed by atoms with van der Waals surface area (Å²) in [5.41, 5.74) is 4.40. The number of non-ortho nitro benzene ring substituents is 1. The second-order valence-corrected chi connectivity index (χ2v) is 1.78. The molecule has 1 aromatic carbocycles. The standard InChI is InChI=1S/C6H5NO3.CH5N/c8-6-3-1-2-5(4-6)7(9)10;1-2/h1-4,8H;2H2,1H3. The van der Waals surface area contributed by atoms with E-state index in [1.54, 1.807) is 0 Å². The Hall–Kier alpha value is -1.62. The lowest BCUT2D eigenvalue weighted by molar-refractivity contribution is -0.384. The maximum Gasteiger partial charge on any atom is 0.273 e. The van der Waals surface area contributed by atoms with Crippen LogP contribution in [0.25, 0.3) is 0 Å². The molecule has 5 nitrogen and oxygen atoms in total. The van der Waals surface area contributed by atoms with Crippen LogP contribution in [0.15, 0.2) is 24.3 Å². The molecule has 0 aliphatic heterocycles. The van der Waals surface area contributed by atoms with E-state index in [0.717, 1.165) is 6.07 Å². The molecule has 0 fully saturated rings. The van der Waals surface area contributed by atoms with Crippen LogP contribution in [0, 0.1) is 10.1 Å². The maximum absolute atomic E-state index is 10.0. The zero-order chi connectivity index (χ0) is 9.56. The molecule has 3 N–H and O–H groups in total. The van der Waals surface area contributed by atoms with Gasteiger partial charge in [-0.1, -0.05) is 6.07 Å². The van der Waals surface area contributed by atoms with Crippen molar-refractivity contribution in [2.75, 3.05) is 7.05 Å². The third-order valence-corrected chi connectivity index (χ3v) is 1.04. The third-order valence-electron chi connectivity index (χ3n) is 1.04. The fourth-order valence-electron chi connectivity index (χ4n) is 0.607. The predicted octanol–water partition coefficient (Wildman–Crippen LogP) is 0.875. The lowest BCUT2D eigenvalue weighted by atomic mass is 10.3. The predicted molar refractivity (Wildman–Crippen MR) is 44.9 cm³/mol. The summed E-state index contributed by atoms with van der Waals surface area (Å²) in [6, 6.07) is 5.22. The minimum atomic E-state index is -0.556. The fraction of sp³-hybridized carbons (Fsp3) is 0.143. The number of nitrogens with zero attached hydrogens (tertiary/aromatic N) is 1. The molecule has 0 atom stereocenters. The fourth-order valence-corrected chi connectivity index (χ4v) is 0.607. The van der Waals surface area contributed by atoms with Gasteiger partial charge in [0.1, 0.15) is 5.75 Å². The van der Waals surface area contributed by atoms with Gasteiger partial charge in [-0.25, -0.2) is 0 Å². The molecule has 0 saturated heterocycles. The second kappa shape index (κ2) is 5.09. The van der Waals surface area contributed by atoms with Gasteiger partial charge in [-0.3, -0.25) is 10.1 Å². The van der Waals surface area contributed by atoms with Crippen LogP contribution in [0.4, 0.5) is 5.69 Å². The van der Waals surface area contributed by atoms with E-state index in [-0.39, 0.29) is 11.4 Å². The zero-order valence-corrected chi connectivity index (χ0v) is 6.60. The first-order valence-corrected chi connectivity index (χ1v) is 3.21.